The van der Waals surface area contributed by atoms with Crippen LogP contribution in [0.15, 0.2) is 18.2 Å². The Bertz CT molecular complexity index is 824. The van der Waals surface area contributed by atoms with Gasteiger partial charge in [0.15, 0.2) is 5.82 Å². The van der Waals surface area contributed by atoms with E-state index in [1.165, 1.54) is 11.5 Å². The summed E-state index contributed by atoms with van der Waals surface area (Å²) in [6.07, 6.45) is 1.94. The van der Waals surface area contributed by atoms with Gasteiger partial charge in [0, 0.05) is 6.54 Å². The number of fused-ring (bicyclic) bond motifs is 1. The van der Waals surface area contributed by atoms with Crippen LogP contribution in [0.4, 0.5) is 0 Å². The van der Waals surface area contributed by atoms with E-state index >= 15 is 0 Å². The van der Waals surface area contributed by atoms with Crippen LogP contribution < -0.4 is 0 Å². The average Bonchev–Trinajstić information content (AvgIpc) is 3.10. The highest BCUT2D eigenvalue weighted by Crippen LogP contribution is 2.30. The molecule has 3 rings (SSSR count). The molecule has 0 aliphatic heterocycles. The van der Waals surface area contributed by atoms with Crippen molar-refractivity contribution < 1.29 is 0 Å². The van der Waals surface area contributed by atoms with E-state index in [-0.39, 0.29) is 0 Å². The lowest BCUT2D eigenvalue weighted by molar-refractivity contribution is 0.793. The van der Waals surface area contributed by atoms with Gasteiger partial charge in [-0.2, -0.15) is 5.26 Å². The maximum Gasteiger partial charge on any atom is 0.154 e. The number of imidazole rings is 1. The summed E-state index contributed by atoms with van der Waals surface area (Å²) >= 11 is 1.39. The maximum atomic E-state index is 9.03. The number of nitriles is 1. The summed E-state index contributed by atoms with van der Waals surface area (Å²) in [6.45, 7) is 5.04. The third-order valence-corrected chi connectivity index (χ3v) is 4.20. The second-order valence-corrected chi connectivity index (χ2v) is 5.55. The van der Waals surface area contributed by atoms with Gasteiger partial charge in [0.1, 0.15) is 4.88 Å². The van der Waals surface area contributed by atoms with Crippen molar-refractivity contribution in [1.29, 1.82) is 5.26 Å². The largest absolute Gasteiger partial charge is 0.323 e. The zero-order valence-electron chi connectivity index (χ0n) is 12.0. The molecule has 106 valence electrons. The van der Waals surface area contributed by atoms with E-state index in [4.69, 9.17) is 10.2 Å². The highest BCUT2D eigenvalue weighted by Gasteiger charge is 2.18. The quantitative estimate of drug-likeness (QED) is 0.740. The first-order valence-electron chi connectivity index (χ1n) is 7.00. The molecule has 1 aromatic carbocycles. The molecule has 0 aliphatic rings. The summed E-state index contributed by atoms with van der Waals surface area (Å²) in [5.74, 6) is 0.904. The second-order valence-electron chi connectivity index (χ2n) is 4.79. The smallest absolute Gasteiger partial charge is 0.154 e. The standard InChI is InChI=1S/C15H15N5S/c1-3-5-11-14(21-19-18-11)15-17-12-8-10(9-16)6-7-13(12)20(15)4-2/h6-8H,3-5H2,1-2H3. The molecule has 6 heteroatoms. The van der Waals surface area contributed by atoms with Crippen molar-refractivity contribution in [3.8, 4) is 16.8 Å². The zero-order valence-corrected chi connectivity index (χ0v) is 12.8. The lowest BCUT2D eigenvalue weighted by atomic mass is 10.2. The Labute approximate surface area is 127 Å². The van der Waals surface area contributed by atoms with Crippen LogP contribution in [0.3, 0.4) is 0 Å². The first-order chi connectivity index (χ1) is 10.3. The summed E-state index contributed by atoms with van der Waals surface area (Å²) < 4.78 is 6.24. The molecule has 0 spiro atoms. The zero-order chi connectivity index (χ0) is 14.8. The number of hydrogen-bond donors (Lipinski definition) is 0. The highest BCUT2D eigenvalue weighted by atomic mass is 32.1. The molecule has 0 aliphatic carbocycles. The fraction of sp³-hybridized carbons (Fsp3) is 0.333. The molecule has 3 aromatic rings. The van der Waals surface area contributed by atoms with Gasteiger partial charge in [-0.3, -0.25) is 0 Å². The lowest BCUT2D eigenvalue weighted by Crippen LogP contribution is -1.98. The fourth-order valence-corrected chi connectivity index (χ4v) is 3.18. The second kappa shape index (κ2) is 5.62. The van der Waals surface area contributed by atoms with E-state index < -0.39 is 0 Å². The summed E-state index contributed by atoms with van der Waals surface area (Å²) in [5.41, 5.74) is 3.53. The Balaban J connectivity index is 2.22. The van der Waals surface area contributed by atoms with Crippen LogP contribution >= 0.6 is 11.5 Å². The van der Waals surface area contributed by atoms with E-state index in [1.807, 2.05) is 18.2 Å². The van der Waals surface area contributed by atoms with Gasteiger partial charge in [-0.05, 0) is 43.1 Å². The van der Waals surface area contributed by atoms with Gasteiger partial charge < -0.3 is 4.57 Å². The summed E-state index contributed by atoms with van der Waals surface area (Å²) in [7, 11) is 0. The van der Waals surface area contributed by atoms with E-state index in [1.54, 1.807) is 0 Å². The first-order valence-corrected chi connectivity index (χ1v) is 7.77. The van der Waals surface area contributed by atoms with Gasteiger partial charge in [-0.15, -0.1) is 5.10 Å². The highest BCUT2D eigenvalue weighted by molar-refractivity contribution is 7.09. The molecule has 0 saturated heterocycles. The topological polar surface area (TPSA) is 67.4 Å². The number of aromatic nitrogens is 4. The molecule has 21 heavy (non-hydrogen) atoms. The van der Waals surface area contributed by atoms with Crippen molar-refractivity contribution in [3.63, 3.8) is 0 Å². The number of rotatable bonds is 4. The van der Waals surface area contributed by atoms with Gasteiger partial charge in [0.25, 0.3) is 0 Å². The molecule has 0 atom stereocenters. The minimum atomic E-state index is 0.631. The van der Waals surface area contributed by atoms with E-state index in [2.05, 4.69) is 34.1 Å². The number of hydrogen-bond acceptors (Lipinski definition) is 5. The number of benzene rings is 1. The minimum absolute atomic E-state index is 0.631. The molecular formula is C15H15N5S. The molecule has 2 heterocycles. The van der Waals surface area contributed by atoms with E-state index in [9.17, 15) is 0 Å². The third-order valence-electron chi connectivity index (χ3n) is 3.44. The molecule has 5 nitrogen and oxygen atoms in total. The van der Waals surface area contributed by atoms with Crippen molar-refractivity contribution in [3.05, 3.63) is 29.5 Å². The van der Waals surface area contributed by atoms with Crippen LogP contribution in [0.2, 0.25) is 0 Å². The van der Waals surface area contributed by atoms with Crippen LogP contribution in [-0.4, -0.2) is 19.1 Å². The third kappa shape index (κ3) is 2.30. The normalized spacial score (nSPS) is 10.9. The Morgan fingerprint density at radius 3 is 2.90 bits per heavy atom. The summed E-state index contributed by atoms with van der Waals surface area (Å²) in [6, 6.07) is 7.78. The molecular weight excluding hydrogens is 282 g/mol. The Kier molecular flexibility index (Phi) is 3.67. The fourth-order valence-electron chi connectivity index (χ4n) is 2.47. The first kappa shape index (κ1) is 13.7. The maximum absolute atomic E-state index is 9.03. The predicted molar refractivity (Wildman–Crippen MR) is 83.0 cm³/mol. The van der Waals surface area contributed by atoms with Crippen molar-refractivity contribution in [2.45, 2.75) is 33.2 Å². The summed E-state index contributed by atoms with van der Waals surface area (Å²) in [4.78, 5) is 5.76. The predicted octanol–water partition coefficient (Wildman–Crippen LogP) is 3.40. The van der Waals surface area contributed by atoms with Crippen LogP contribution in [0.25, 0.3) is 21.7 Å². The van der Waals surface area contributed by atoms with Crippen molar-refractivity contribution in [2.75, 3.05) is 0 Å². The van der Waals surface area contributed by atoms with Gasteiger partial charge in [-0.25, -0.2) is 4.98 Å². The van der Waals surface area contributed by atoms with Crippen LogP contribution in [0.1, 0.15) is 31.5 Å². The van der Waals surface area contributed by atoms with Crippen LogP contribution in [0, 0.1) is 11.3 Å². The van der Waals surface area contributed by atoms with E-state index in [0.717, 1.165) is 46.8 Å². The Morgan fingerprint density at radius 1 is 1.33 bits per heavy atom. The molecule has 0 fully saturated rings. The van der Waals surface area contributed by atoms with Crippen LogP contribution in [-0.2, 0) is 13.0 Å². The molecule has 0 bridgehead atoms. The average molecular weight is 297 g/mol. The van der Waals surface area contributed by atoms with Crippen molar-refractivity contribution in [2.24, 2.45) is 0 Å². The minimum Gasteiger partial charge on any atom is -0.323 e. The number of nitrogens with zero attached hydrogens (tertiary/aromatic N) is 5. The molecule has 0 N–H and O–H groups in total. The molecule has 0 unspecified atom stereocenters. The van der Waals surface area contributed by atoms with Gasteiger partial charge >= 0.3 is 0 Å². The Morgan fingerprint density at radius 2 is 2.19 bits per heavy atom. The molecule has 0 saturated carbocycles. The van der Waals surface area contributed by atoms with Crippen LogP contribution in [0.5, 0.6) is 0 Å². The lowest BCUT2D eigenvalue weighted by Gasteiger charge is -2.04. The molecule has 2 aromatic heterocycles. The molecule has 0 amide bonds. The number of aryl methyl sites for hydroxylation is 2. The van der Waals surface area contributed by atoms with Gasteiger partial charge in [0.2, 0.25) is 0 Å². The Hall–Kier alpha value is -2.26. The van der Waals surface area contributed by atoms with Gasteiger partial charge in [-0.1, -0.05) is 17.8 Å². The summed E-state index contributed by atoms with van der Waals surface area (Å²) in [5, 5.41) is 13.3. The van der Waals surface area contributed by atoms with Crippen molar-refractivity contribution >= 4 is 22.6 Å². The van der Waals surface area contributed by atoms with E-state index in [0.29, 0.717) is 5.56 Å². The SMILES string of the molecule is CCCc1nnsc1-c1nc2cc(C#N)ccc2n1CC. The van der Waals surface area contributed by atoms with Gasteiger partial charge in [0.05, 0.1) is 28.4 Å². The van der Waals surface area contributed by atoms with Crippen molar-refractivity contribution in [1.82, 2.24) is 19.1 Å². The molecule has 0 radical (unpaired) electrons. The monoisotopic (exact) mass is 297 g/mol.